The Kier molecular flexibility index (Phi) is 9.45. The van der Waals surface area contributed by atoms with Crippen molar-refractivity contribution in [2.24, 2.45) is 0 Å². The van der Waals surface area contributed by atoms with Crippen molar-refractivity contribution in [2.45, 2.75) is 0 Å². The van der Waals surface area contributed by atoms with E-state index in [1.165, 1.54) is 16.7 Å². The van der Waals surface area contributed by atoms with E-state index in [1.54, 1.807) is 0 Å². The lowest BCUT2D eigenvalue weighted by atomic mass is 9.95. The molecule has 0 bridgehead atoms. The van der Waals surface area contributed by atoms with Crippen LogP contribution in [0.2, 0.25) is 0 Å². The Bertz CT molecular complexity index is 3260. The monoisotopic (exact) mass is 794 g/mol. The SMILES string of the molecule is c1ccc(-c2ccc(-c3ccc(N(c4ccccc4)c4ccc5c(c4)oc4cccc(-c6ccccc6-c6nc(-c7ccccc7)nc(-c7ccccc7)n6)c45)cc3)cc2)cc1. The molecule has 2 heterocycles. The molecule has 5 nitrogen and oxygen atoms in total. The van der Waals surface area contributed by atoms with Gasteiger partial charge in [0.15, 0.2) is 17.5 Å². The van der Waals surface area contributed by atoms with Crippen LogP contribution >= 0.6 is 0 Å². The number of rotatable bonds is 9. The maximum Gasteiger partial charge on any atom is 0.164 e. The number of benzene rings is 9. The van der Waals surface area contributed by atoms with Gasteiger partial charge in [-0.05, 0) is 75.8 Å². The van der Waals surface area contributed by atoms with Crippen LogP contribution in [0.4, 0.5) is 17.1 Å². The minimum atomic E-state index is 0.606. The van der Waals surface area contributed by atoms with Crippen LogP contribution in [0.25, 0.3) is 89.5 Å². The van der Waals surface area contributed by atoms with Crippen molar-refractivity contribution in [3.63, 3.8) is 0 Å². The Balaban J connectivity index is 0.986. The third kappa shape index (κ3) is 6.97. The Hall–Kier alpha value is -8.41. The summed E-state index contributed by atoms with van der Waals surface area (Å²) in [5.41, 5.74) is 14.3. The van der Waals surface area contributed by atoms with Crippen molar-refractivity contribution in [1.29, 1.82) is 0 Å². The summed E-state index contributed by atoms with van der Waals surface area (Å²) in [5.74, 6) is 1.85. The molecule has 11 aromatic rings. The molecule has 0 saturated carbocycles. The number of hydrogen-bond donors (Lipinski definition) is 0. The highest BCUT2D eigenvalue weighted by atomic mass is 16.3. The van der Waals surface area contributed by atoms with Gasteiger partial charge in [-0.25, -0.2) is 15.0 Å². The first-order chi connectivity index (χ1) is 30.7. The van der Waals surface area contributed by atoms with Crippen molar-refractivity contribution in [2.75, 3.05) is 4.90 Å². The quantitative estimate of drug-likeness (QED) is 0.146. The molecule has 9 aromatic carbocycles. The normalized spacial score (nSPS) is 11.2. The van der Waals surface area contributed by atoms with Gasteiger partial charge in [-0.1, -0.05) is 182 Å². The fourth-order valence-electron chi connectivity index (χ4n) is 8.33. The maximum atomic E-state index is 6.73. The second-order valence-electron chi connectivity index (χ2n) is 15.2. The van der Waals surface area contributed by atoms with Crippen molar-refractivity contribution in [3.8, 4) is 67.5 Å². The predicted molar refractivity (Wildman–Crippen MR) is 254 cm³/mol. The summed E-state index contributed by atoms with van der Waals surface area (Å²) < 4.78 is 6.73. The first-order valence-electron chi connectivity index (χ1n) is 20.8. The molecule has 0 aliphatic carbocycles. The van der Waals surface area contributed by atoms with Crippen LogP contribution in [0.15, 0.2) is 235 Å². The second-order valence-corrected chi connectivity index (χ2v) is 15.2. The van der Waals surface area contributed by atoms with Crippen LogP contribution in [0.1, 0.15) is 0 Å². The van der Waals surface area contributed by atoms with Gasteiger partial charge in [0, 0.05) is 50.6 Å². The molecule has 2 aromatic heterocycles. The Morgan fingerprint density at radius 2 is 0.726 bits per heavy atom. The number of para-hydroxylation sites is 1. The number of furan rings is 1. The molecule has 292 valence electrons. The molecule has 5 heteroatoms. The molecule has 0 N–H and O–H groups in total. The van der Waals surface area contributed by atoms with E-state index < -0.39 is 0 Å². The zero-order valence-electron chi connectivity index (χ0n) is 33.6. The Labute approximate surface area is 359 Å². The van der Waals surface area contributed by atoms with E-state index in [2.05, 4.69) is 150 Å². The topological polar surface area (TPSA) is 55.1 Å². The number of hydrogen-bond acceptors (Lipinski definition) is 5. The summed E-state index contributed by atoms with van der Waals surface area (Å²) in [6.07, 6.45) is 0. The smallest absolute Gasteiger partial charge is 0.164 e. The molecule has 0 unspecified atom stereocenters. The standard InChI is InChI=1S/C57H38N4O/c1-5-16-39(17-6-1)40-28-30-41(31-29-40)42-32-34-46(35-33-42)61(45-22-11-4-12-23-45)47-36-37-51-53(38-47)62-52-27-15-26-49(54(51)52)48-24-13-14-25-50(48)57-59-55(43-18-7-2-8-19-43)58-56(60-57)44-20-9-3-10-21-44/h1-38H. The van der Waals surface area contributed by atoms with E-state index in [0.29, 0.717) is 17.5 Å². The van der Waals surface area contributed by atoms with E-state index in [0.717, 1.165) is 72.4 Å². The number of aromatic nitrogens is 3. The molecule has 0 amide bonds. The zero-order chi connectivity index (χ0) is 41.2. The molecule has 0 saturated heterocycles. The zero-order valence-corrected chi connectivity index (χ0v) is 33.6. The minimum absolute atomic E-state index is 0.606. The molecule has 0 radical (unpaired) electrons. The van der Waals surface area contributed by atoms with E-state index in [4.69, 9.17) is 19.4 Å². The summed E-state index contributed by atoms with van der Waals surface area (Å²) in [6.45, 7) is 0. The average molecular weight is 795 g/mol. The van der Waals surface area contributed by atoms with Crippen LogP contribution in [-0.4, -0.2) is 15.0 Å². The van der Waals surface area contributed by atoms with Crippen LogP contribution in [0.5, 0.6) is 0 Å². The van der Waals surface area contributed by atoms with E-state index in [-0.39, 0.29) is 0 Å². The minimum Gasteiger partial charge on any atom is -0.456 e. The molecule has 0 atom stereocenters. The maximum absolute atomic E-state index is 6.73. The first kappa shape index (κ1) is 36.7. The summed E-state index contributed by atoms with van der Waals surface area (Å²) >= 11 is 0. The largest absolute Gasteiger partial charge is 0.456 e. The van der Waals surface area contributed by atoms with Gasteiger partial charge < -0.3 is 9.32 Å². The van der Waals surface area contributed by atoms with Gasteiger partial charge in [-0.15, -0.1) is 0 Å². The summed E-state index contributed by atoms with van der Waals surface area (Å²) in [6, 6.07) is 79.8. The molecule has 0 spiro atoms. The third-order valence-corrected chi connectivity index (χ3v) is 11.4. The van der Waals surface area contributed by atoms with Gasteiger partial charge in [-0.3, -0.25) is 0 Å². The molecular weight excluding hydrogens is 757 g/mol. The van der Waals surface area contributed by atoms with Crippen molar-refractivity contribution in [1.82, 2.24) is 15.0 Å². The van der Waals surface area contributed by atoms with Gasteiger partial charge in [0.1, 0.15) is 11.2 Å². The van der Waals surface area contributed by atoms with Crippen LogP contribution in [0, 0.1) is 0 Å². The van der Waals surface area contributed by atoms with Crippen molar-refractivity contribution in [3.05, 3.63) is 231 Å². The van der Waals surface area contributed by atoms with Gasteiger partial charge in [-0.2, -0.15) is 0 Å². The molecule has 0 aliphatic heterocycles. The third-order valence-electron chi connectivity index (χ3n) is 11.4. The fourth-order valence-corrected chi connectivity index (χ4v) is 8.33. The van der Waals surface area contributed by atoms with Crippen LogP contribution in [-0.2, 0) is 0 Å². The molecule has 62 heavy (non-hydrogen) atoms. The molecular formula is C57H38N4O. The lowest BCUT2D eigenvalue weighted by Gasteiger charge is -2.25. The van der Waals surface area contributed by atoms with E-state index in [9.17, 15) is 0 Å². The molecule has 0 aliphatic rings. The summed E-state index contributed by atoms with van der Waals surface area (Å²) in [4.78, 5) is 17.4. The van der Waals surface area contributed by atoms with Gasteiger partial charge >= 0.3 is 0 Å². The average Bonchev–Trinajstić information content (AvgIpc) is 3.74. The highest BCUT2D eigenvalue weighted by molar-refractivity contribution is 6.14. The van der Waals surface area contributed by atoms with Gasteiger partial charge in [0.25, 0.3) is 0 Å². The summed E-state index contributed by atoms with van der Waals surface area (Å²) in [7, 11) is 0. The van der Waals surface area contributed by atoms with E-state index >= 15 is 0 Å². The van der Waals surface area contributed by atoms with Crippen LogP contribution < -0.4 is 4.90 Å². The molecule has 0 fully saturated rings. The summed E-state index contributed by atoms with van der Waals surface area (Å²) in [5, 5.41) is 2.07. The lowest BCUT2D eigenvalue weighted by molar-refractivity contribution is 0.669. The highest BCUT2D eigenvalue weighted by Gasteiger charge is 2.21. The van der Waals surface area contributed by atoms with Crippen LogP contribution in [0.3, 0.4) is 0 Å². The fraction of sp³-hybridized carbons (Fsp3) is 0. The highest BCUT2D eigenvalue weighted by Crippen LogP contribution is 2.43. The van der Waals surface area contributed by atoms with Crippen molar-refractivity contribution >= 4 is 39.0 Å². The van der Waals surface area contributed by atoms with Gasteiger partial charge in [0.05, 0.1) is 0 Å². The van der Waals surface area contributed by atoms with Gasteiger partial charge in [0.2, 0.25) is 0 Å². The lowest BCUT2D eigenvalue weighted by Crippen LogP contribution is -2.09. The number of nitrogens with zero attached hydrogens (tertiary/aromatic N) is 4. The second kappa shape index (κ2) is 16.0. The van der Waals surface area contributed by atoms with Crippen molar-refractivity contribution < 1.29 is 4.42 Å². The molecule has 11 rings (SSSR count). The van der Waals surface area contributed by atoms with E-state index in [1.807, 2.05) is 84.9 Å². The number of anilines is 3. The Morgan fingerprint density at radius 1 is 0.290 bits per heavy atom. The predicted octanol–water partition coefficient (Wildman–Crippen LogP) is 15.2. The first-order valence-corrected chi connectivity index (χ1v) is 20.8. The number of fused-ring (bicyclic) bond motifs is 3. The Morgan fingerprint density at radius 3 is 1.32 bits per heavy atom.